The van der Waals surface area contributed by atoms with Crippen molar-refractivity contribution in [2.24, 2.45) is 0 Å². The van der Waals surface area contributed by atoms with Crippen LogP contribution in [0.1, 0.15) is 25.8 Å². The van der Waals surface area contributed by atoms with E-state index in [4.69, 9.17) is 11.6 Å². The summed E-state index contributed by atoms with van der Waals surface area (Å²) in [4.78, 5) is 12.2. The molecule has 2 N–H and O–H groups in total. The molecule has 0 bridgehead atoms. The fourth-order valence-corrected chi connectivity index (χ4v) is 1.89. The molecule has 0 saturated heterocycles. The van der Waals surface area contributed by atoms with Crippen molar-refractivity contribution in [1.82, 2.24) is 10.6 Å². The van der Waals surface area contributed by atoms with Crippen molar-refractivity contribution >= 4 is 29.9 Å². The molecular formula is C14H22Cl2N2O. The van der Waals surface area contributed by atoms with E-state index in [9.17, 15) is 4.79 Å². The van der Waals surface area contributed by atoms with Crippen LogP contribution in [-0.2, 0) is 10.2 Å². The molecule has 0 unspecified atom stereocenters. The fourth-order valence-electron chi connectivity index (χ4n) is 1.70. The summed E-state index contributed by atoms with van der Waals surface area (Å²) in [7, 11) is 1.90. The van der Waals surface area contributed by atoms with Crippen molar-refractivity contribution in [3.63, 3.8) is 0 Å². The van der Waals surface area contributed by atoms with Gasteiger partial charge in [0.05, 0.1) is 5.41 Å². The van der Waals surface area contributed by atoms with E-state index < -0.39 is 5.41 Å². The molecule has 0 aliphatic rings. The summed E-state index contributed by atoms with van der Waals surface area (Å²) in [6.07, 6.45) is 0.924. The molecule has 0 atom stereocenters. The second-order valence-corrected chi connectivity index (χ2v) is 5.28. The Kier molecular flexibility index (Phi) is 8.07. The quantitative estimate of drug-likeness (QED) is 0.794. The first kappa shape index (κ1) is 18.2. The number of hydrogen-bond donors (Lipinski definition) is 2. The molecule has 108 valence electrons. The molecule has 0 aromatic heterocycles. The van der Waals surface area contributed by atoms with Crippen LogP contribution in [0.25, 0.3) is 0 Å². The summed E-state index contributed by atoms with van der Waals surface area (Å²) < 4.78 is 0. The second kappa shape index (κ2) is 8.41. The molecule has 1 amide bonds. The summed E-state index contributed by atoms with van der Waals surface area (Å²) in [5.41, 5.74) is 0.367. The van der Waals surface area contributed by atoms with Gasteiger partial charge in [-0.1, -0.05) is 23.7 Å². The maximum absolute atomic E-state index is 12.2. The molecule has 0 spiro atoms. The minimum atomic E-state index is -0.565. The Hall–Kier alpha value is -0.770. The van der Waals surface area contributed by atoms with Gasteiger partial charge < -0.3 is 10.6 Å². The first-order valence-corrected chi connectivity index (χ1v) is 6.55. The number of carbonyl (C=O) groups is 1. The van der Waals surface area contributed by atoms with Crippen LogP contribution in [0.2, 0.25) is 5.02 Å². The molecule has 19 heavy (non-hydrogen) atoms. The minimum absolute atomic E-state index is 0. The van der Waals surface area contributed by atoms with E-state index in [1.54, 1.807) is 0 Å². The molecule has 0 aliphatic carbocycles. The van der Waals surface area contributed by atoms with Crippen molar-refractivity contribution in [2.45, 2.75) is 25.7 Å². The van der Waals surface area contributed by atoms with Gasteiger partial charge in [-0.25, -0.2) is 0 Å². The number of amides is 1. The summed E-state index contributed by atoms with van der Waals surface area (Å²) in [6, 6.07) is 7.45. The zero-order chi connectivity index (χ0) is 13.6. The van der Waals surface area contributed by atoms with Crippen molar-refractivity contribution in [1.29, 1.82) is 0 Å². The Bertz CT molecular complexity index is 408. The molecule has 0 fully saturated rings. The predicted molar refractivity (Wildman–Crippen MR) is 83.3 cm³/mol. The molecule has 3 nitrogen and oxygen atoms in total. The van der Waals surface area contributed by atoms with Gasteiger partial charge in [0.25, 0.3) is 0 Å². The molecule has 1 aromatic carbocycles. The van der Waals surface area contributed by atoms with Gasteiger partial charge in [-0.05, 0) is 51.6 Å². The SMILES string of the molecule is CNCCCNC(=O)C(C)(C)c1cccc(Cl)c1.Cl. The highest BCUT2D eigenvalue weighted by atomic mass is 35.5. The largest absolute Gasteiger partial charge is 0.355 e. The van der Waals surface area contributed by atoms with Crippen LogP contribution >= 0.6 is 24.0 Å². The lowest BCUT2D eigenvalue weighted by Crippen LogP contribution is -2.40. The average molecular weight is 305 g/mol. The summed E-state index contributed by atoms with van der Waals surface area (Å²) in [5, 5.41) is 6.66. The van der Waals surface area contributed by atoms with E-state index in [-0.39, 0.29) is 18.3 Å². The van der Waals surface area contributed by atoms with E-state index >= 15 is 0 Å². The lowest BCUT2D eigenvalue weighted by atomic mass is 9.84. The third-order valence-corrected chi connectivity index (χ3v) is 3.24. The van der Waals surface area contributed by atoms with Crippen LogP contribution in [0.4, 0.5) is 0 Å². The Morgan fingerprint density at radius 3 is 2.58 bits per heavy atom. The fraction of sp³-hybridized carbons (Fsp3) is 0.500. The summed E-state index contributed by atoms with van der Waals surface area (Å²) >= 11 is 5.96. The van der Waals surface area contributed by atoms with Crippen LogP contribution in [0, 0.1) is 0 Å². The molecule has 0 radical (unpaired) electrons. The van der Waals surface area contributed by atoms with Crippen molar-refractivity contribution in [3.05, 3.63) is 34.9 Å². The zero-order valence-corrected chi connectivity index (χ0v) is 13.2. The first-order valence-electron chi connectivity index (χ1n) is 6.17. The Morgan fingerprint density at radius 2 is 2.00 bits per heavy atom. The van der Waals surface area contributed by atoms with Gasteiger partial charge >= 0.3 is 0 Å². The van der Waals surface area contributed by atoms with Crippen LogP contribution in [0.5, 0.6) is 0 Å². The molecule has 1 aromatic rings. The average Bonchev–Trinajstić information content (AvgIpc) is 2.34. The molecule has 5 heteroatoms. The smallest absolute Gasteiger partial charge is 0.230 e. The van der Waals surface area contributed by atoms with E-state index in [1.807, 2.05) is 45.2 Å². The third-order valence-electron chi connectivity index (χ3n) is 3.00. The Labute approximate surface area is 126 Å². The van der Waals surface area contributed by atoms with Crippen LogP contribution in [0.3, 0.4) is 0 Å². The van der Waals surface area contributed by atoms with Gasteiger partial charge in [0.15, 0.2) is 0 Å². The maximum atomic E-state index is 12.2. The monoisotopic (exact) mass is 304 g/mol. The molecule has 1 rings (SSSR count). The predicted octanol–water partition coefficient (Wildman–Crippen LogP) is 2.77. The molecular weight excluding hydrogens is 283 g/mol. The normalized spacial score (nSPS) is 10.7. The number of benzene rings is 1. The molecule has 0 saturated carbocycles. The Morgan fingerprint density at radius 1 is 1.32 bits per heavy atom. The highest BCUT2D eigenvalue weighted by Gasteiger charge is 2.29. The summed E-state index contributed by atoms with van der Waals surface area (Å²) in [6.45, 7) is 5.40. The lowest BCUT2D eigenvalue weighted by Gasteiger charge is -2.24. The summed E-state index contributed by atoms with van der Waals surface area (Å²) in [5.74, 6) is 0.0286. The van der Waals surface area contributed by atoms with Crippen molar-refractivity contribution in [2.75, 3.05) is 20.1 Å². The van der Waals surface area contributed by atoms with Crippen LogP contribution < -0.4 is 10.6 Å². The molecule has 0 heterocycles. The lowest BCUT2D eigenvalue weighted by molar-refractivity contribution is -0.125. The van der Waals surface area contributed by atoms with Gasteiger partial charge in [0, 0.05) is 11.6 Å². The number of halogens is 2. The van der Waals surface area contributed by atoms with Crippen LogP contribution in [0.15, 0.2) is 24.3 Å². The maximum Gasteiger partial charge on any atom is 0.230 e. The first-order chi connectivity index (χ1) is 8.48. The molecule has 0 aliphatic heterocycles. The van der Waals surface area contributed by atoms with Gasteiger partial charge in [0.1, 0.15) is 0 Å². The number of nitrogens with one attached hydrogen (secondary N) is 2. The highest BCUT2D eigenvalue weighted by Crippen LogP contribution is 2.25. The minimum Gasteiger partial charge on any atom is -0.355 e. The van der Waals surface area contributed by atoms with Crippen LogP contribution in [-0.4, -0.2) is 26.0 Å². The van der Waals surface area contributed by atoms with Crippen molar-refractivity contribution < 1.29 is 4.79 Å². The second-order valence-electron chi connectivity index (χ2n) is 4.85. The van der Waals surface area contributed by atoms with E-state index in [1.165, 1.54) is 0 Å². The zero-order valence-electron chi connectivity index (χ0n) is 11.6. The standard InChI is InChI=1S/C14H21ClN2O.ClH/c1-14(2,11-6-4-7-12(15)10-11)13(18)17-9-5-8-16-3;/h4,6-7,10,16H,5,8-9H2,1-3H3,(H,17,18);1H. The van der Waals surface area contributed by atoms with Gasteiger partial charge in [-0.3, -0.25) is 4.79 Å². The number of carbonyl (C=O) groups excluding carboxylic acids is 1. The Balaban J connectivity index is 0.00000324. The van der Waals surface area contributed by atoms with Crippen molar-refractivity contribution in [3.8, 4) is 0 Å². The topological polar surface area (TPSA) is 41.1 Å². The highest BCUT2D eigenvalue weighted by molar-refractivity contribution is 6.30. The van der Waals surface area contributed by atoms with E-state index in [2.05, 4.69) is 10.6 Å². The van der Waals surface area contributed by atoms with Gasteiger partial charge in [0.2, 0.25) is 5.91 Å². The number of rotatable bonds is 6. The number of hydrogen-bond acceptors (Lipinski definition) is 2. The van der Waals surface area contributed by atoms with Gasteiger partial charge in [-0.2, -0.15) is 0 Å². The van der Waals surface area contributed by atoms with E-state index in [0.717, 1.165) is 18.5 Å². The third kappa shape index (κ3) is 5.39. The van der Waals surface area contributed by atoms with E-state index in [0.29, 0.717) is 11.6 Å². The van der Waals surface area contributed by atoms with Gasteiger partial charge in [-0.15, -0.1) is 12.4 Å².